The number of allylic oxidation sites excluding steroid dienone is 1. The summed E-state index contributed by atoms with van der Waals surface area (Å²) in [5.41, 5.74) is 0. The predicted octanol–water partition coefficient (Wildman–Crippen LogP) is 4.90. The molecule has 5 heteroatoms. The van der Waals surface area contributed by atoms with Crippen LogP contribution >= 0.6 is 0 Å². The summed E-state index contributed by atoms with van der Waals surface area (Å²) in [6, 6.07) is 8.40. The third-order valence-electron chi connectivity index (χ3n) is 4.05. The highest BCUT2D eigenvalue weighted by Gasteiger charge is 2.13. The number of unbranched alkanes of at least 4 members (excludes halogenated alkanes) is 3. The van der Waals surface area contributed by atoms with E-state index in [-0.39, 0.29) is 11.9 Å². The molecule has 0 heterocycles. The van der Waals surface area contributed by atoms with E-state index in [9.17, 15) is 13.2 Å². The number of esters is 1. The number of hydrogen-bond acceptors (Lipinski definition) is 4. The summed E-state index contributed by atoms with van der Waals surface area (Å²) in [5.74, 6) is -0.153. The van der Waals surface area contributed by atoms with Gasteiger partial charge in [0.15, 0.2) is 9.84 Å². The average Bonchev–Trinajstić information content (AvgIpc) is 2.61. The molecule has 0 fully saturated rings. The summed E-state index contributed by atoms with van der Waals surface area (Å²) in [7, 11) is -3.44. The fraction of sp³-hybridized carbons (Fsp3) is 0.550. The molecule has 0 spiro atoms. The molecule has 1 unspecified atom stereocenters. The molecule has 0 saturated carbocycles. The quantitative estimate of drug-likeness (QED) is 0.390. The zero-order chi connectivity index (χ0) is 18.5. The maximum Gasteiger partial charge on any atom is 0.305 e. The second-order valence-corrected chi connectivity index (χ2v) is 7.97. The molecule has 1 aromatic rings. The molecule has 1 aromatic carbocycles. The number of carbonyl (C=O) groups excluding carboxylic acids is 1. The molecule has 0 aliphatic carbocycles. The Kier molecular flexibility index (Phi) is 10.2. The highest BCUT2D eigenvalue weighted by atomic mass is 32.2. The topological polar surface area (TPSA) is 60.4 Å². The molecule has 140 valence electrons. The van der Waals surface area contributed by atoms with Gasteiger partial charge in [-0.3, -0.25) is 4.79 Å². The Hall–Kier alpha value is -1.62. The summed E-state index contributed by atoms with van der Waals surface area (Å²) in [6.45, 7) is 4.31. The molecule has 0 aliphatic rings. The molecule has 0 saturated heterocycles. The molecule has 1 rings (SSSR count). The van der Waals surface area contributed by atoms with E-state index in [0.717, 1.165) is 25.7 Å². The van der Waals surface area contributed by atoms with Crippen LogP contribution in [-0.2, 0) is 19.4 Å². The van der Waals surface area contributed by atoms with E-state index < -0.39 is 9.84 Å². The van der Waals surface area contributed by atoms with Crippen LogP contribution in [0.1, 0.15) is 58.8 Å². The van der Waals surface area contributed by atoms with E-state index in [2.05, 4.69) is 6.92 Å². The van der Waals surface area contributed by atoms with Crippen LogP contribution < -0.4 is 0 Å². The Labute approximate surface area is 152 Å². The highest BCUT2D eigenvalue weighted by Crippen LogP contribution is 2.20. The van der Waals surface area contributed by atoms with Gasteiger partial charge in [0.2, 0.25) is 0 Å². The van der Waals surface area contributed by atoms with E-state index in [0.29, 0.717) is 24.3 Å². The molecule has 0 aromatic heterocycles. The van der Waals surface area contributed by atoms with Gasteiger partial charge < -0.3 is 4.74 Å². The van der Waals surface area contributed by atoms with Crippen molar-refractivity contribution < 1.29 is 17.9 Å². The van der Waals surface area contributed by atoms with Gasteiger partial charge in [-0.1, -0.05) is 56.9 Å². The number of carbonyl (C=O) groups is 1. The zero-order valence-corrected chi connectivity index (χ0v) is 16.1. The van der Waals surface area contributed by atoms with Crippen molar-refractivity contribution in [2.24, 2.45) is 5.92 Å². The predicted molar refractivity (Wildman–Crippen MR) is 101 cm³/mol. The standard InChI is InChI=1S/C20H30O4S/c1-3-5-6-8-11-18(14-15-20(21)24-4-2)16-17-25(22,23)19-12-9-7-10-13-19/h7,9-10,12-13,16-18H,3-6,8,11,14-15H2,1-2H3/b17-16+. The van der Waals surface area contributed by atoms with Crippen LogP contribution in [-0.4, -0.2) is 21.0 Å². The molecular formula is C20H30O4S. The average molecular weight is 367 g/mol. The fourth-order valence-corrected chi connectivity index (χ4v) is 3.73. The lowest BCUT2D eigenvalue weighted by Gasteiger charge is -2.12. The van der Waals surface area contributed by atoms with Gasteiger partial charge in [0.05, 0.1) is 11.5 Å². The number of sulfone groups is 1. The lowest BCUT2D eigenvalue weighted by molar-refractivity contribution is -0.143. The number of benzene rings is 1. The molecule has 0 bridgehead atoms. The lowest BCUT2D eigenvalue weighted by Crippen LogP contribution is -2.07. The summed E-state index contributed by atoms with van der Waals surface area (Å²) in [6.07, 6.45) is 8.08. The molecule has 25 heavy (non-hydrogen) atoms. The first-order chi connectivity index (χ1) is 12.0. The minimum Gasteiger partial charge on any atom is -0.466 e. The summed E-state index contributed by atoms with van der Waals surface area (Å²) >= 11 is 0. The molecule has 0 N–H and O–H groups in total. The van der Waals surface area contributed by atoms with E-state index in [1.165, 1.54) is 11.8 Å². The first kappa shape index (κ1) is 21.4. The van der Waals surface area contributed by atoms with Crippen molar-refractivity contribution in [3.8, 4) is 0 Å². The third-order valence-corrected chi connectivity index (χ3v) is 5.50. The van der Waals surface area contributed by atoms with Crippen molar-refractivity contribution in [3.63, 3.8) is 0 Å². The second-order valence-electron chi connectivity index (χ2n) is 6.14. The normalized spacial score (nSPS) is 13.0. The van der Waals surface area contributed by atoms with E-state index >= 15 is 0 Å². The van der Waals surface area contributed by atoms with E-state index in [4.69, 9.17) is 4.74 Å². The molecular weight excluding hydrogens is 336 g/mol. The largest absolute Gasteiger partial charge is 0.466 e. The van der Waals surface area contributed by atoms with Gasteiger partial charge in [0.1, 0.15) is 0 Å². The smallest absolute Gasteiger partial charge is 0.305 e. The van der Waals surface area contributed by atoms with Gasteiger partial charge in [-0.05, 0) is 37.8 Å². The molecule has 0 amide bonds. The van der Waals surface area contributed by atoms with Crippen molar-refractivity contribution in [2.75, 3.05) is 6.61 Å². The maximum absolute atomic E-state index is 12.4. The van der Waals surface area contributed by atoms with Crippen molar-refractivity contribution in [3.05, 3.63) is 41.8 Å². The Morgan fingerprint density at radius 2 is 1.80 bits per heavy atom. The van der Waals surface area contributed by atoms with Crippen molar-refractivity contribution in [1.29, 1.82) is 0 Å². The zero-order valence-electron chi connectivity index (χ0n) is 15.3. The third kappa shape index (κ3) is 8.87. The fourth-order valence-electron chi connectivity index (χ4n) is 2.61. The van der Waals surface area contributed by atoms with Crippen LogP contribution in [0, 0.1) is 5.92 Å². The maximum atomic E-state index is 12.4. The number of rotatable bonds is 12. The van der Waals surface area contributed by atoms with Gasteiger partial charge in [-0.15, -0.1) is 0 Å². The highest BCUT2D eigenvalue weighted by molar-refractivity contribution is 7.94. The van der Waals surface area contributed by atoms with Gasteiger partial charge in [0, 0.05) is 11.8 Å². The van der Waals surface area contributed by atoms with Crippen molar-refractivity contribution in [1.82, 2.24) is 0 Å². The van der Waals surface area contributed by atoms with Crippen LogP contribution in [0.3, 0.4) is 0 Å². The lowest BCUT2D eigenvalue weighted by atomic mass is 9.96. The molecule has 1 atom stereocenters. The molecule has 4 nitrogen and oxygen atoms in total. The monoisotopic (exact) mass is 366 g/mol. The molecule has 0 aliphatic heterocycles. The number of ether oxygens (including phenoxy) is 1. The van der Waals surface area contributed by atoms with Gasteiger partial charge in [-0.2, -0.15) is 0 Å². The first-order valence-corrected chi connectivity index (χ1v) is 10.7. The number of hydrogen-bond donors (Lipinski definition) is 0. The van der Waals surface area contributed by atoms with Crippen LogP contribution in [0.15, 0.2) is 46.7 Å². The second kappa shape index (κ2) is 11.9. The Morgan fingerprint density at radius 3 is 2.44 bits per heavy atom. The van der Waals surface area contributed by atoms with Gasteiger partial charge in [-0.25, -0.2) is 8.42 Å². The van der Waals surface area contributed by atoms with E-state index in [1.807, 2.05) is 0 Å². The summed E-state index contributed by atoms with van der Waals surface area (Å²) < 4.78 is 29.7. The first-order valence-electron chi connectivity index (χ1n) is 9.13. The van der Waals surface area contributed by atoms with Gasteiger partial charge >= 0.3 is 5.97 Å². The van der Waals surface area contributed by atoms with Crippen LogP contribution in [0.25, 0.3) is 0 Å². The van der Waals surface area contributed by atoms with Crippen molar-refractivity contribution in [2.45, 2.75) is 63.7 Å². The summed E-state index contributed by atoms with van der Waals surface area (Å²) in [4.78, 5) is 11.9. The van der Waals surface area contributed by atoms with Gasteiger partial charge in [0.25, 0.3) is 0 Å². The van der Waals surface area contributed by atoms with E-state index in [1.54, 1.807) is 43.3 Å². The Bertz CT molecular complexity index is 620. The minimum atomic E-state index is -3.44. The minimum absolute atomic E-state index is 0.0692. The van der Waals surface area contributed by atoms with Crippen molar-refractivity contribution >= 4 is 15.8 Å². The SMILES string of the molecule is CCCCCCC(/C=C/S(=O)(=O)c1ccccc1)CCC(=O)OCC. The Balaban J connectivity index is 2.71. The molecule has 0 radical (unpaired) electrons. The van der Waals surface area contributed by atoms with Crippen LogP contribution in [0.2, 0.25) is 0 Å². The van der Waals surface area contributed by atoms with Crippen LogP contribution in [0.5, 0.6) is 0 Å². The summed E-state index contributed by atoms with van der Waals surface area (Å²) in [5, 5.41) is 1.29. The Morgan fingerprint density at radius 1 is 1.08 bits per heavy atom. The van der Waals surface area contributed by atoms with Crippen LogP contribution in [0.4, 0.5) is 0 Å².